The molecule has 0 saturated carbocycles. The number of nitrogens with one attached hydrogen (secondary N) is 1. The summed E-state index contributed by atoms with van der Waals surface area (Å²) < 4.78 is 0. The molecule has 3 N–H and O–H groups in total. The Bertz CT molecular complexity index is 423. The maximum atomic E-state index is 6.15. The highest BCUT2D eigenvalue weighted by atomic mass is 35.5. The number of hydrogen-bond acceptors (Lipinski definition) is 1. The lowest BCUT2D eigenvalue weighted by molar-refractivity contribution is 0.795. The molecule has 2 rings (SSSR count). The van der Waals surface area contributed by atoms with Crippen LogP contribution in [0, 0.1) is 0 Å². The summed E-state index contributed by atoms with van der Waals surface area (Å²) in [5.74, 6) is 0.147. The van der Waals surface area contributed by atoms with Gasteiger partial charge in [0.25, 0.3) is 0 Å². The van der Waals surface area contributed by atoms with E-state index >= 15 is 0 Å². The molecule has 0 aliphatic heterocycles. The van der Waals surface area contributed by atoms with Gasteiger partial charge < -0.3 is 10.7 Å². The van der Waals surface area contributed by atoms with E-state index in [0.717, 1.165) is 16.3 Å². The van der Waals surface area contributed by atoms with Crippen LogP contribution < -0.4 is 5.73 Å². The highest BCUT2D eigenvalue weighted by Crippen LogP contribution is 2.28. The second kappa shape index (κ2) is 4.51. The Labute approximate surface area is 94.1 Å². The minimum atomic E-state index is 0.147. The van der Waals surface area contributed by atoms with Crippen molar-refractivity contribution < 1.29 is 0 Å². The Morgan fingerprint density at radius 3 is 2.60 bits per heavy atom. The average Bonchev–Trinajstić information content (AvgIpc) is 2.75. The van der Waals surface area contributed by atoms with Gasteiger partial charge in [0.1, 0.15) is 0 Å². The summed E-state index contributed by atoms with van der Waals surface area (Å²) in [6, 6.07) is 11.8. The van der Waals surface area contributed by atoms with Crippen molar-refractivity contribution in [1.82, 2.24) is 4.98 Å². The number of H-pyrrole nitrogens is 1. The van der Waals surface area contributed by atoms with Gasteiger partial charge in [-0.05, 0) is 23.8 Å². The van der Waals surface area contributed by atoms with Crippen LogP contribution in [0.5, 0.6) is 0 Å². The molecule has 1 aromatic carbocycles. The predicted molar refractivity (Wildman–Crippen MR) is 63.1 cm³/mol. The van der Waals surface area contributed by atoms with Crippen LogP contribution in [0.25, 0.3) is 0 Å². The zero-order valence-electron chi connectivity index (χ0n) is 8.28. The maximum Gasteiger partial charge on any atom is 0.0445 e. The summed E-state index contributed by atoms with van der Waals surface area (Å²) in [5, 5.41) is 0.766. The first-order valence-electron chi connectivity index (χ1n) is 4.90. The average molecular weight is 221 g/mol. The van der Waals surface area contributed by atoms with E-state index in [2.05, 4.69) is 4.98 Å². The standard InChI is InChI=1S/C12H13ClN2/c13-11-5-2-1-4-9(11)10(8-14)12-6-3-7-15-12/h1-7,10,15H,8,14H2. The molecular weight excluding hydrogens is 208 g/mol. The molecule has 78 valence electrons. The van der Waals surface area contributed by atoms with Crippen LogP contribution in [0.4, 0.5) is 0 Å². The molecule has 1 atom stereocenters. The first-order valence-corrected chi connectivity index (χ1v) is 5.28. The molecule has 0 amide bonds. The van der Waals surface area contributed by atoms with Gasteiger partial charge in [-0.25, -0.2) is 0 Å². The molecule has 15 heavy (non-hydrogen) atoms. The fourth-order valence-corrected chi connectivity index (χ4v) is 2.01. The predicted octanol–water partition coefficient (Wildman–Crippen LogP) is 2.76. The van der Waals surface area contributed by atoms with Gasteiger partial charge in [-0.15, -0.1) is 0 Å². The molecular formula is C12H13ClN2. The van der Waals surface area contributed by atoms with E-state index in [-0.39, 0.29) is 5.92 Å². The number of hydrogen-bond donors (Lipinski definition) is 2. The summed E-state index contributed by atoms with van der Waals surface area (Å²) in [4.78, 5) is 3.18. The van der Waals surface area contributed by atoms with Gasteiger partial charge in [0.2, 0.25) is 0 Å². The molecule has 1 unspecified atom stereocenters. The molecule has 1 heterocycles. The molecule has 0 bridgehead atoms. The topological polar surface area (TPSA) is 41.8 Å². The van der Waals surface area contributed by atoms with E-state index in [0.29, 0.717) is 6.54 Å². The normalized spacial score (nSPS) is 12.7. The zero-order chi connectivity index (χ0) is 10.7. The van der Waals surface area contributed by atoms with E-state index in [1.165, 1.54) is 0 Å². The van der Waals surface area contributed by atoms with Gasteiger partial charge >= 0.3 is 0 Å². The second-order valence-electron chi connectivity index (χ2n) is 3.44. The zero-order valence-corrected chi connectivity index (χ0v) is 9.04. The van der Waals surface area contributed by atoms with Crippen molar-refractivity contribution in [2.24, 2.45) is 5.73 Å². The van der Waals surface area contributed by atoms with E-state index in [4.69, 9.17) is 17.3 Å². The smallest absolute Gasteiger partial charge is 0.0445 e. The largest absolute Gasteiger partial charge is 0.364 e. The van der Waals surface area contributed by atoms with Gasteiger partial charge in [-0.1, -0.05) is 29.8 Å². The number of halogens is 1. The molecule has 0 saturated heterocycles. The lowest BCUT2D eigenvalue weighted by atomic mass is 9.96. The van der Waals surface area contributed by atoms with Crippen molar-refractivity contribution in [3.05, 3.63) is 58.9 Å². The molecule has 0 fully saturated rings. The van der Waals surface area contributed by atoms with Crippen LogP contribution in [0.2, 0.25) is 5.02 Å². The Morgan fingerprint density at radius 2 is 2.00 bits per heavy atom. The van der Waals surface area contributed by atoms with Crippen LogP contribution in [-0.2, 0) is 0 Å². The molecule has 2 nitrogen and oxygen atoms in total. The van der Waals surface area contributed by atoms with Crippen molar-refractivity contribution in [1.29, 1.82) is 0 Å². The van der Waals surface area contributed by atoms with Crippen LogP contribution in [0.1, 0.15) is 17.2 Å². The Kier molecular flexibility index (Phi) is 3.09. The van der Waals surface area contributed by atoms with Gasteiger partial charge in [0.05, 0.1) is 0 Å². The van der Waals surface area contributed by atoms with Gasteiger partial charge in [0, 0.05) is 29.4 Å². The summed E-state index contributed by atoms with van der Waals surface area (Å²) in [6.07, 6.45) is 1.90. The molecule has 0 radical (unpaired) electrons. The molecule has 1 aromatic heterocycles. The van der Waals surface area contributed by atoms with Crippen molar-refractivity contribution in [2.45, 2.75) is 5.92 Å². The van der Waals surface area contributed by atoms with Gasteiger partial charge in [-0.2, -0.15) is 0 Å². The van der Waals surface area contributed by atoms with E-state index in [1.54, 1.807) is 0 Å². The SMILES string of the molecule is NCC(c1ccc[nH]1)c1ccccc1Cl. The molecule has 0 aliphatic carbocycles. The van der Waals surface area contributed by atoms with Crippen molar-refractivity contribution in [3.63, 3.8) is 0 Å². The summed E-state index contributed by atoms with van der Waals surface area (Å²) in [7, 11) is 0. The summed E-state index contributed by atoms with van der Waals surface area (Å²) in [5.41, 5.74) is 7.96. The highest BCUT2D eigenvalue weighted by Gasteiger charge is 2.15. The minimum absolute atomic E-state index is 0.147. The third-order valence-corrected chi connectivity index (χ3v) is 2.86. The Hall–Kier alpha value is -1.25. The second-order valence-corrected chi connectivity index (χ2v) is 3.84. The fourth-order valence-electron chi connectivity index (χ4n) is 1.74. The number of aromatic amines is 1. The van der Waals surface area contributed by atoms with E-state index in [9.17, 15) is 0 Å². The lowest BCUT2D eigenvalue weighted by Crippen LogP contribution is -2.14. The third-order valence-electron chi connectivity index (χ3n) is 2.51. The van der Waals surface area contributed by atoms with Gasteiger partial charge in [0.15, 0.2) is 0 Å². The van der Waals surface area contributed by atoms with Crippen molar-refractivity contribution in [2.75, 3.05) is 6.54 Å². The quantitative estimate of drug-likeness (QED) is 0.821. The van der Waals surface area contributed by atoms with E-state index < -0.39 is 0 Å². The molecule has 0 spiro atoms. The number of benzene rings is 1. The number of nitrogens with two attached hydrogens (primary N) is 1. The fraction of sp³-hybridized carbons (Fsp3) is 0.167. The Balaban J connectivity index is 2.40. The number of rotatable bonds is 3. The lowest BCUT2D eigenvalue weighted by Gasteiger charge is -2.15. The molecule has 2 aromatic rings. The van der Waals surface area contributed by atoms with Crippen LogP contribution in [0.15, 0.2) is 42.6 Å². The summed E-state index contributed by atoms with van der Waals surface area (Å²) >= 11 is 6.15. The van der Waals surface area contributed by atoms with Crippen molar-refractivity contribution in [3.8, 4) is 0 Å². The highest BCUT2D eigenvalue weighted by molar-refractivity contribution is 6.31. The third kappa shape index (κ3) is 2.06. The van der Waals surface area contributed by atoms with Crippen LogP contribution in [-0.4, -0.2) is 11.5 Å². The van der Waals surface area contributed by atoms with E-state index in [1.807, 2.05) is 42.6 Å². The van der Waals surface area contributed by atoms with Crippen molar-refractivity contribution >= 4 is 11.6 Å². The maximum absolute atomic E-state index is 6.15. The summed E-state index contributed by atoms with van der Waals surface area (Å²) in [6.45, 7) is 0.546. The molecule has 0 aliphatic rings. The van der Waals surface area contributed by atoms with Gasteiger partial charge in [-0.3, -0.25) is 0 Å². The monoisotopic (exact) mass is 220 g/mol. The first-order chi connectivity index (χ1) is 7.33. The van der Waals surface area contributed by atoms with Crippen LogP contribution in [0.3, 0.4) is 0 Å². The Morgan fingerprint density at radius 1 is 1.20 bits per heavy atom. The first kappa shape index (κ1) is 10.3. The molecule has 3 heteroatoms. The van der Waals surface area contributed by atoms with Crippen LogP contribution >= 0.6 is 11.6 Å². The number of aromatic nitrogens is 1. The minimum Gasteiger partial charge on any atom is -0.364 e.